The van der Waals surface area contributed by atoms with Crippen molar-refractivity contribution < 1.29 is 23.8 Å². The fourth-order valence-electron chi connectivity index (χ4n) is 3.62. The van der Waals surface area contributed by atoms with Crippen LogP contribution < -0.4 is 0 Å². The van der Waals surface area contributed by atoms with Crippen LogP contribution in [0.4, 0.5) is 0 Å². The van der Waals surface area contributed by atoms with Crippen molar-refractivity contribution in [3.8, 4) is 6.07 Å². The quantitative estimate of drug-likeness (QED) is 0.384. The average Bonchev–Trinajstić information content (AvgIpc) is 3.39. The molecule has 0 saturated carbocycles. The highest BCUT2D eigenvalue weighted by Gasteiger charge is 2.19. The first-order chi connectivity index (χ1) is 14.9. The number of aromatic nitrogens is 1. The van der Waals surface area contributed by atoms with E-state index in [1.54, 1.807) is 30.3 Å². The van der Waals surface area contributed by atoms with E-state index in [0.717, 1.165) is 42.9 Å². The number of carbonyl (C=O) groups is 2. The zero-order valence-corrected chi connectivity index (χ0v) is 18.0. The molecule has 0 spiro atoms. The van der Waals surface area contributed by atoms with Gasteiger partial charge in [0.1, 0.15) is 18.2 Å². The number of ether oxygens (including phenoxy) is 3. The summed E-state index contributed by atoms with van der Waals surface area (Å²) < 4.78 is 17.8. The number of benzene rings is 1. The molecule has 31 heavy (non-hydrogen) atoms. The predicted octanol–water partition coefficient (Wildman–Crippen LogP) is 3.72. The Morgan fingerprint density at radius 3 is 2.65 bits per heavy atom. The largest absolute Gasteiger partial charge is 0.465 e. The van der Waals surface area contributed by atoms with Gasteiger partial charge in [0, 0.05) is 24.5 Å². The number of hydrogen-bond donors (Lipinski definition) is 0. The van der Waals surface area contributed by atoms with Crippen LogP contribution in [-0.2, 0) is 32.2 Å². The lowest BCUT2D eigenvalue weighted by molar-refractivity contribution is -0.139. The monoisotopic (exact) mass is 422 g/mol. The van der Waals surface area contributed by atoms with E-state index in [-0.39, 0.29) is 18.3 Å². The van der Waals surface area contributed by atoms with Crippen LogP contribution in [0.3, 0.4) is 0 Å². The lowest BCUT2D eigenvalue weighted by Crippen LogP contribution is -2.16. The van der Waals surface area contributed by atoms with Crippen molar-refractivity contribution in [1.29, 1.82) is 5.26 Å². The first-order valence-electron chi connectivity index (χ1n) is 10.2. The molecule has 1 aliphatic heterocycles. The second kappa shape index (κ2) is 10.1. The first kappa shape index (κ1) is 22.3. The van der Waals surface area contributed by atoms with Gasteiger partial charge in [0.15, 0.2) is 0 Å². The summed E-state index contributed by atoms with van der Waals surface area (Å²) in [5.41, 5.74) is 3.89. The lowest BCUT2D eigenvalue weighted by atomic mass is 10.1. The molecule has 7 heteroatoms. The Bertz CT molecular complexity index is 1020. The van der Waals surface area contributed by atoms with E-state index in [1.165, 1.54) is 7.11 Å². The average molecular weight is 422 g/mol. The highest BCUT2D eigenvalue weighted by molar-refractivity contribution is 5.98. The van der Waals surface area contributed by atoms with Crippen LogP contribution in [0, 0.1) is 25.2 Å². The van der Waals surface area contributed by atoms with Crippen LogP contribution in [0.5, 0.6) is 0 Å². The molecule has 0 unspecified atom stereocenters. The summed E-state index contributed by atoms with van der Waals surface area (Å²) in [6.45, 7) is 5.53. The smallest absolute Gasteiger partial charge is 0.349 e. The molecule has 162 valence electrons. The van der Waals surface area contributed by atoms with Gasteiger partial charge in [-0.25, -0.2) is 9.59 Å². The number of nitriles is 1. The van der Waals surface area contributed by atoms with Crippen LogP contribution in [-0.4, -0.2) is 36.3 Å². The van der Waals surface area contributed by atoms with Gasteiger partial charge in [-0.15, -0.1) is 0 Å². The Morgan fingerprint density at radius 1 is 1.29 bits per heavy atom. The molecule has 7 nitrogen and oxygen atoms in total. The highest BCUT2D eigenvalue weighted by atomic mass is 16.5. The Hall–Kier alpha value is -3.37. The number of hydrogen-bond acceptors (Lipinski definition) is 6. The number of aryl methyl sites for hydroxylation is 1. The second-order valence-electron chi connectivity index (χ2n) is 7.51. The molecule has 3 rings (SSSR count). The van der Waals surface area contributed by atoms with E-state index in [9.17, 15) is 14.9 Å². The minimum atomic E-state index is -0.691. The fourth-order valence-corrected chi connectivity index (χ4v) is 3.62. The first-order valence-corrected chi connectivity index (χ1v) is 10.2. The third-order valence-corrected chi connectivity index (χ3v) is 5.41. The molecule has 0 aliphatic carbocycles. The molecule has 0 N–H and O–H groups in total. The second-order valence-corrected chi connectivity index (χ2v) is 7.51. The van der Waals surface area contributed by atoms with Crippen LogP contribution >= 0.6 is 0 Å². The van der Waals surface area contributed by atoms with Crippen molar-refractivity contribution >= 4 is 18.0 Å². The standard InChI is InChI=1S/C24H26N2O5/c1-16-11-20(17(2)26(16)14-22-5-4-10-30-22)12-21(13-25)24(28)31-15-18-6-8-19(9-7-18)23(27)29-3/h6-9,11-12,22H,4-5,10,14-15H2,1-3H3/b21-12+/t22-/m1/s1. The number of methoxy groups -OCH3 is 1. The number of esters is 2. The van der Waals surface area contributed by atoms with Gasteiger partial charge in [-0.3, -0.25) is 0 Å². The van der Waals surface area contributed by atoms with E-state index < -0.39 is 11.9 Å². The van der Waals surface area contributed by atoms with Gasteiger partial charge in [-0.1, -0.05) is 12.1 Å². The third-order valence-electron chi connectivity index (χ3n) is 5.41. The molecule has 1 aromatic heterocycles. The van der Waals surface area contributed by atoms with Gasteiger partial charge in [0.05, 0.1) is 18.8 Å². The maximum Gasteiger partial charge on any atom is 0.349 e. The van der Waals surface area contributed by atoms with Crippen LogP contribution in [0.25, 0.3) is 6.08 Å². The Labute approximate surface area is 181 Å². The number of carbonyl (C=O) groups excluding carboxylic acids is 2. The van der Waals surface area contributed by atoms with Crippen LogP contribution in [0.15, 0.2) is 35.9 Å². The molecular weight excluding hydrogens is 396 g/mol. The normalized spacial score (nSPS) is 16.1. The van der Waals surface area contributed by atoms with E-state index in [1.807, 2.05) is 26.0 Å². The predicted molar refractivity (Wildman–Crippen MR) is 114 cm³/mol. The number of nitrogens with zero attached hydrogens (tertiary/aromatic N) is 2. The van der Waals surface area contributed by atoms with E-state index in [2.05, 4.69) is 9.30 Å². The fraction of sp³-hybridized carbons (Fsp3) is 0.375. The Balaban J connectivity index is 1.67. The topological polar surface area (TPSA) is 90.5 Å². The van der Waals surface area contributed by atoms with Crippen LogP contribution in [0.1, 0.15) is 45.7 Å². The van der Waals surface area contributed by atoms with Crippen molar-refractivity contribution in [2.45, 2.75) is 45.9 Å². The van der Waals surface area contributed by atoms with Crippen molar-refractivity contribution in [1.82, 2.24) is 4.57 Å². The van der Waals surface area contributed by atoms with Gasteiger partial charge in [0.25, 0.3) is 0 Å². The minimum Gasteiger partial charge on any atom is -0.465 e. The molecule has 2 heterocycles. The molecule has 2 aromatic rings. The van der Waals surface area contributed by atoms with E-state index >= 15 is 0 Å². The van der Waals surface area contributed by atoms with E-state index in [0.29, 0.717) is 11.1 Å². The summed E-state index contributed by atoms with van der Waals surface area (Å²) in [5, 5.41) is 9.48. The van der Waals surface area contributed by atoms with Gasteiger partial charge in [-0.2, -0.15) is 5.26 Å². The van der Waals surface area contributed by atoms with Crippen molar-refractivity contribution in [3.05, 3.63) is 64.0 Å². The summed E-state index contributed by atoms with van der Waals surface area (Å²) in [7, 11) is 1.31. The molecule has 0 bridgehead atoms. The van der Waals surface area contributed by atoms with Crippen molar-refractivity contribution in [3.63, 3.8) is 0 Å². The summed E-state index contributed by atoms with van der Waals surface area (Å²) in [6.07, 6.45) is 3.88. The lowest BCUT2D eigenvalue weighted by Gasteiger charge is -2.14. The Morgan fingerprint density at radius 2 is 2.03 bits per heavy atom. The molecular formula is C24H26N2O5. The zero-order valence-electron chi connectivity index (χ0n) is 18.0. The minimum absolute atomic E-state index is 0.00263. The summed E-state index contributed by atoms with van der Waals surface area (Å²) >= 11 is 0. The zero-order chi connectivity index (χ0) is 22.4. The molecule has 1 aliphatic rings. The SMILES string of the molecule is COC(=O)c1ccc(COC(=O)/C(C#N)=C/c2cc(C)n(C[C@H]3CCCO3)c2C)cc1. The summed E-state index contributed by atoms with van der Waals surface area (Å²) in [6, 6.07) is 10.4. The van der Waals surface area contributed by atoms with Crippen molar-refractivity contribution in [2.75, 3.05) is 13.7 Å². The third kappa shape index (κ3) is 5.41. The van der Waals surface area contributed by atoms with E-state index in [4.69, 9.17) is 9.47 Å². The Kier molecular flexibility index (Phi) is 7.27. The molecule has 0 amide bonds. The molecule has 1 saturated heterocycles. The highest BCUT2D eigenvalue weighted by Crippen LogP contribution is 2.22. The van der Waals surface area contributed by atoms with Crippen molar-refractivity contribution in [2.24, 2.45) is 0 Å². The summed E-state index contributed by atoms with van der Waals surface area (Å²) in [4.78, 5) is 23.9. The molecule has 0 radical (unpaired) electrons. The summed E-state index contributed by atoms with van der Waals surface area (Å²) in [5.74, 6) is -1.13. The maximum atomic E-state index is 12.4. The van der Waals surface area contributed by atoms with Gasteiger partial charge in [-0.05, 0) is 62.1 Å². The molecule has 1 atom stereocenters. The van der Waals surface area contributed by atoms with Crippen LogP contribution in [0.2, 0.25) is 0 Å². The van der Waals surface area contributed by atoms with Gasteiger partial charge >= 0.3 is 11.9 Å². The molecule has 1 aromatic carbocycles. The molecule has 1 fully saturated rings. The number of rotatable bonds is 7. The maximum absolute atomic E-state index is 12.4. The van der Waals surface area contributed by atoms with Gasteiger partial charge < -0.3 is 18.8 Å². The van der Waals surface area contributed by atoms with Gasteiger partial charge in [0.2, 0.25) is 0 Å².